The molecule has 1 rings (SSSR count). The fourth-order valence-electron chi connectivity index (χ4n) is 2.39. The Labute approximate surface area is 194 Å². The van der Waals surface area contributed by atoms with Gasteiger partial charge < -0.3 is 20.1 Å². The normalized spacial score (nSPS) is 11.9. The van der Waals surface area contributed by atoms with E-state index in [1.54, 1.807) is 20.0 Å². The number of ether oxygens (including phenoxy) is 2. The second-order valence-electron chi connectivity index (χ2n) is 6.05. The van der Waals surface area contributed by atoms with E-state index in [1.165, 1.54) is 23.5 Å². The van der Waals surface area contributed by atoms with Gasteiger partial charge >= 0.3 is 6.61 Å². The molecule has 0 fully saturated rings. The number of hydrogen-bond donors (Lipinski definition) is 2. The number of sulfonamides is 1. The lowest BCUT2D eigenvalue weighted by atomic mass is 10.2. The van der Waals surface area contributed by atoms with Gasteiger partial charge in [-0.1, -0.05) is 0 Å². The molecule has 2 N–H and O–H groups in total. The fraction of sp³-hybridized carbons (Fsp3) is 0.611. The van der Waals surface area contributed by atoms with Gasteiger partial charge in [-0.2, -0.15) is 8.78 Å². The molecule has 0 saturated carbocycles. The average Bonchev–Trinajstić information content (AvgIpc) is 2.69. The molecule has 30 heavy (non-hydrogen) atoms. The molecule has 1 aromatic carbocycles. The number of nitrogens with one attached hydrogen (secondary N) is 2. The molecule has 0 aromatic heterocycles. The Morgan fingerprint density at radius 3 is 2.53 bits per heavy atom. The van der Waals surface area contributed by atoms with Gasteiger partial charge in [-0.15, -0.1) is 24.0 Å². The van der Waals surface area contributed by atoms with Crippen LogP contribution in [0.5, 0.6) is 11.5 Å². The van der Waals surface area contributed by atoms with E-state index in [0.717, 1.165) is 0 Å². The van der Waals surface area contributed by atoms with Crippen molar-refractivity contribution in [3.8, 4) is 11.5 Å². The van der Waals surface area contributed by atoms with Crippen molar-refractivity contribution in [1.29, 1.82) is 0 Å². The second kappa shape index (κ2) is 14.6. The van der Waals surface area contributed by atoms with Crippen molar-refractivity contribution >= 4 is 40.0 Å². The molecule has 0 amide bonds. The van der Waals surface area contributed by atoms with Crippen molar-refractivity contribution < 1.29 is 26.7 Å². The lowest BCUT2D eigenvalue weighted by molar-refractivity contribution is -0.0504. The maximum Gasteiger partial charge on any atom is 0.387 e. The molecule has 12 heteroatoms. The lowest BCUT2D eigenvalue weighted by Gasteiger charge is -2.17. The van der Waals surface area contributed by atoms with Gasteiger partial charge in [-0.3, -0.25) is 0 Å². The summed E-state index contributed by atoms with van der Waals surface area (Å²) in [6, 6.07) is 4.55. The van der Waals surface area contributed by atoms with Crippen LogP contribution < -0.4 is 20.1 Å². The molecule has 0 aliphatic rings. The van der Waals surface area contributed by atoms with Crippen molar-refractivity contribution in [2.45, 2.75) is 33.4 Å². The van der Waals surface area contributed by atoms with Crippen molar-refractivity contribution in [2.75, 3.05) is 39.5 Å². The summed E-state index contributed by atoms with van der Waals surface area (Å²) in [6.45, 7) is 2.14. The minimum atomic E-state index is -3.20. The van der Waals surface area contributed by atoms with Crippen LogP contribution in [0.4, 0.5) is 8.78 Å². The third-order valence-electron chi connectivity index (χ3n) is 4.02. The molecule has 0 atom stereocenters. The summed E-state index contributed by atoms with van der Waals surface area (Å²) < 4.78 is 59.7. The van der Waals surface area contributed by atoms with Crippen LogP contribution in [-0.4, -0.2) is 64.8 Å². The van der Waals surface area contributed by atoms with Gasteiger partial charge in [0.25, 0.3) is 0 Å². The first kappa shape index (κ1) is 28.6. The van der Waals surface area contributed by atoms with Gasteiger partial charge in [-0.05, 0) is 38.5 Å². The van der Waals surface area contributed by atoms with Crippen LogP contribution in [0.15, 0.2) is 23.2 Å². The molecule has 0 aliphatic heterocycles. The number of methoxy groups -OCH3 is 1. The number of nitrogens with zero attached hydrogens (tertiary/aromatic N) is 2. The van der Waals surface area contributed by atoms with E-state index in [1.807, 2.05) is 6.92 Å². The first-order valence-corrected chi connectivity index (χ1v) is 10.9. The first-order valence-electron chi connectivity index (χ1n) is 9.31. The standard InChI is InChI=1S/C18H30F2N4O4S.HI/c1-5-21-18(22-10-7-11-24(3)29(25,26)6-2)23-13-14-12-15(27-4)8-9-16(14)28-17(19)20;/h8-9,12,17H,5-7,10-11,13H2,1-4H3,(H2,21,22,23);1H. The predicted molar refractivity (Wildman–Crippen MR) is 125 cm³/mol. The van der Waals surface area contributed by atoms with E-state index in [2.05, 4.69) is 20.4 Å². The Bertz CT molecular complexity index is 767. The second-order valence-corrected chi connectivity index (χ2v) is 8.41. The Morgan fingerprint density at radius 2 is 1.97 bits per heavy atom. The molecular formula is C18H31F2IN4O4S. The van der Waals surface area contributed by atoms with Gasteiger partial charge in [0, 0.05) is 32.2 Å². The molecule has 8 nitrogen and oxygen atoms in total. The zero-order valence-electron chi connectivity index (χ0n) is 17.7. The van der Waals surface area contributed by atoms with Crippen molar-refractivity contribution in [2.24, 2.45) is 4.99 Å². The zero-order valence-corrected chi connectivity index (χ0v) is 20.8. The van der Waals surface area contributed by atoms with E-state index >= 15 is 0 Å². The van der Waals surface area contributed by atoms with E-state index in [4.69, 9.17) is 4.74 Å². The van der Waals surface area contributed by atoms with Crippen LogP contribution in [0.1, 0.15) is 25.8 Å². The van der Waals surface area contributed by atoms with Crippen LogP contribution in [0.2, 0.25) is 0 Å². The smallest absolute Gasteiger partial charge is 0.387 e. The van der Waals surface area contributed by atoms with Crippen LogP contribution in [0.3, 0.4) is 0 Å². The van der Waals surface area contributed by atoms with Crippen molar-refractivity contribution in [3.05, 3.63) is 23.8 Å². The minimum absolute atomic E-state index is 0. The van der Waals surface area contributed by atoms with Crippen molar-refractivity contribution in [3.63, 3.8) is 0 Å². The van der Waals surface area contributed by atoms with Gasteiger partial charge in [0.15, 0.2) is 5.96 Å². The Kier molecular flexibility index (Phi) is 13.9. The first-order chi connectivity index (χ1) is 13.7. The molecule has 1 aromatic rings. The van der Waals surface area contributed by atoms with E-state index in [0.29, 0.717) is 43.3 Å². The van der Waals surface area contributed by atoms with Crippen LogP contribution >= 0.6 is 24.0 Å². The van der Waals surface area contributed by atoms with Crippen LogP contribution in [0.25, 0.3) is 0 Å². The monoisotopic (exact) mass is 564 g/mol. The number of alkyl halides is 2. The number of aliphatic imine (C=N–C) groups is 1. The van der Waals surface area contributed by atoms with Gasteiger partial charge in [-0.25, -0.2) is 17.7 Å². The van der Waals surface area contributed by atoms with Crippen LogP contribution in [-0.2, 0) is 16.6 Å². The summed E-state index contributed by atoms with van der Waals surface area (Å²) in [6.07, 6.45) is 0.582. The molecule has 0 radical (unpaired) electrons. The van der Waals surface area contributed by atoms with E-state index < -0.39 is 16.6 Å². The lowest BCUT2D eigenvalue weighted by Crippen LogP contribution is -2.39. The van der Waals surface area contributed by atoms with Gasteiger partial charge in [0.2, 0.25) is 10.0 Å². The molecule has 0 aliphatic carbocycles. The number of rotatable bonds is 12. The molecule has 0 heterocycles. The summed E-state index contributed by atoms with van der Waals surface area (Å²) in [4.78, 5) is 4.39. The average molecular weight is 564 g/mol. The third kappa shape index (κ3) is 10.1. The zero-order chi connectivity index (χ0) is 21.9. The highest BCUT2D eigenvalue weighted by atomic mass is 127. The highest BCUT2D eigenvalue weighted by Gasteiger charge is 2.14. The predicted octanol–water partition coefficient (Wildman–Crippen LogP) is 2.64. The summed E-state index contributed by atoms with van der Waals surface area (Å²) >= 11 is 0. The van der Waals surface area contributed by atoms with E-state index in [-0.39, 0.29) is 42.0 Å². The number of halogens is 3. The highest BCUT2D eigenvalue weighted by molar-refractivity contribution is 14.0. The molecule has 0 spiro atoms. The molecule has 0 bridgehead atoms. The van der Waals surface area contributed by atoms with Crippen molar-refractivity contribution in [1.82, 2.24) is 14.9 Å². The third-order valence-corrected chi connectivity index (χ3v) is 5.88. The Morgan fingerprint density at radius 1 is 1.27 bits per heavy atom. The number of guanidine groups is 1. The Hall–Kier alpha value is -1.41. The number of benzene rings is 1. The summed E-state index contributed by atoms with van der Waals surface area (Å²) in [5, 5.41) is 6.16. The topological polar surface area (TPSA) is 92.3 Å². The largest absolute Gasteiger partial charge is 0.497 e. The Balaban J connectivity index is 0.00000841. The summed E-state index contributed by atoms with van der Waals surface area (Å²) in [5.74, 6) is 1.09. The molecule has 174 valence electrons. The van der Waals surface area contributed by atoms with E-state index in [9.17, 15) is 17.2 Å². The molecular weight excluding hydrogens is 533 g/mol. The van der Waals surface area contributed by atoms with Crippen LogP contribution in [0, 0.1) is 0 Å². The quantitative estimate of drug-likeness (QED) is 0.176. The molecule has 0 unspecified atom stereocenters. The highest BCUT2D eigenvalue weighted by Crippen LogP contribution is 2.26. The van der Waals surface area contributed by atoms with Gasteiger partial charge in [0.05, 0.1) is 19.4 Å². The molecule has 0 saturated heterocycles. The maximum absolute atomic E-state index is 12.6. The number of hydrogen-bond acceptors (Lipinski definition) is 5. The fourth-order valence-corrected chi connectivity index (χ4v) is 3.24. The minimum Gasteiger partial charge on any atom is -0.497 e. The maximum atomic E-state index is 12.6. The van der Waals surface area contributed by atoms with Gasteiger partial charge in [0.1, 0.15) is 11.5 Å². The SMILES string of the molecule is CCNC(=NCc1cc(OC)ccc1OC(F)F)NCCCN(C)S(=O)(=O)CC.I. The summed E-state index contributed by atoms with van der Waals surface area (Å²) in [5.41, 5.74) is 0.454. The summed E-state index contributed by atoms with van der Waals surface area (Å²) in [7, 11) is -0.174.